The molecule has 0 heterocycles. The number of rotatable bonds is 8. The van der Waals surface area contributed by atoms with Crippen LogP contribution in [0.15, 0.2) is 48.5 Å². The average molecular weight is 285 g/mol. The molecule has 3 heteroatoms. The van der Waals surface area contributed by atoms with Crippen LogP contribution in [-0.2, 0) is 35.8 Å². The molecule has 0 amide bonds. The van der Waals surface area contributed by atoms with Crippen LogP contribution in [0.4, 0.5) is 0 Å². The van der Waals surface area contributed by atoms with Gasteiger partial charge in [-0.3, -0.25) is 0 Å². The van der Waals surface area contributed by atoms with Crippen molar-refractivity contribution in [3.05, 3.63) is 70.8 Å². The molecule has 0 fully saturated rings. The normalized spacial score (nSPS) is 10.8. The third kappa shape index (κ3) is 5.31. The highest BCUT2D eigenvalue weighted by molar-refractivity contribution is 5.24. The fraction of sp³-hybridized carbons (Fsp3) is 0.333. The number of benzene rings is 2. The zero-order valence-electron chi connectivity index (χ0n) is 12.8. The van der Waals surface area contributed by atoms with Gasteiger partial charge < -0.3 is 14.8 Å². The maximum Gasteiger partial charge on any atom is 0.0713 e. The summed E-state index contributed by atoms with van der Waals surface area (Å²) in [6, 6.07) is 16.9. The average Bonchev–Trinajstić information content (AvgIpc) is 2.49. The number of hydrogen-bond acceptors (Lipinski definition) is 3. The zero-order chi connectivity index (χ0) is 14.9. The Morgan fingerprint density at radius 2 is 1.14 bits per heavy atom. The second-order valence-electron chi connectivity index (χ2n) is 5.11. The molecule has 0 saturated heterocycles. The van der Waals surface area contributed by atoms with Crippen LogP contribution in [0.1, 0.15) is 22.3 Å². The molecule has 0 saturated carbocycles. The molecular weight excluding hydrogens is 262 g/mol. The summed E-state index contributed by atoms with van der Waals surface area (Å²) in [5, 5.41) is 3.47. The molecule has 112 valence electrons. The lowest BCUT2D eigenvalue weighted by molar-refractivity contribution is 0.185. The van der Waals surface area contributed by atoms with E-state index in [4.69, 9.17) is 9.47 Å². The van der Waals surface area contributed by atoms with Gasteiger partial charge >= 0.3 is 0 Å². The fourth-order valence-corrected chi connectivity index (χ4v) is 2.34. The Bertz CT molecular complexity index is 505. The Labute approximate surface area is 126 Å². The van der Waals surface area contributed by atoms with E-state index < -0.39 is 0 Å². The Morgan fingerprint density at radius 3 is 1.57 bits per heavy atom. The Morgan fingerprint density at radius 1 is 0.714 bits per heavy atom. The minimum absolute atomic E-state index is 0.660. The molecule has 0 aliphatic rings. The molecule has 0 radical (unpaired) electrons. The lowest BCUT2D eigenvalue weighted by Crippen LogP contribution is -2.13. The summed E-state index contributed by atoms with van der Waals surface area (Å²) in [4.78, 5) is 0. The van der Waals surface area contributed by atoms with Crippen molar-refractivity contribution in [1.29, 1.82) is 0 Å². The van der Waals surface area contributed by atoms with Gasteiger partial charge in [-0.15, -0.1) is 0 Å². The molecule has 1 N–H and O–H groups in total. The quantitative estimate of drug-likeness (QED) is 0.807. The molecule has 2 aromatic rings. The number of ether oxygens (including phenoxy) is 2. The minimum atomic E-state index is 0.660. The van der Waals surface area contributed by atoms with Crippen LogP contribution in [-0.4, -0.2) is 14.2 Å². The molecule has 3 nitrogen and oxygen atoms in total. The lowest BCUT2D eigenvalue weighted by Gasteiger charge is -2.08. The molecule has 0 aromatic heterocycles. The van der Waals surface area contributed by atoms with Crippen LogP contribution in [0.5, 0.6) is 0 Å². The Kier molecular flexibility index (Phi) is 6.41. The molecular formula is C18H23NO2. The highest BCUT2D eigenvalue weighted by atomic mass is 16.5. The number of hydrogen-bond donors (Lipinski definition) is 1. The molecule has 0 aliphatic heterocycles. The predicted octanol–water partition coefficient (Wildman–Crippen LogP) is 3.27. The maximum atomic E-state index is 5.16. The van der Waals surface area contributed by atoms with E-state index in [2.05, 4.69) is 53.8 Å². The molecule has 0 aliphatic carbocycles. The summed E-state index contributed by atoms with van der Waals surface area (Å²) < 4.78 is 10.3. The topological polar surface area (TPSA) is 30.5 Å². The minimum Gasteiger partial charge on any atom is -0.380 e. The van der Waals surface area contributed by atoms with E-state index in [-0.39, 0.29) is 0 Å². The first-order chi connectivity index (χ1) is 10.3. The van der Waals surface area contributed by atoms with E-state index in [0.717, 1.165) is 13.1 Å². The summed E-state index contributed by atoms with van der Waals surface area (Å²) in [6.45, 7) is 3.03. The molecule has 21 heavy (non-hydrogen) atoms. The van der Waals surface area contributed by atoms with Crippen molar-refractivity contribution in [3.8, 4) is 0 Å². The summed E-state index contributed by atoms with van der Waals surface area (Å²) >= 11 is 0. The second-order valence-corrected chi connectivity index (χ2v) is 5.11. The van der Waals surface area contributed by atoms with Gasteiger partial charge in [0, 0.05) is 27.3 Å². The highest BCUT2D eigenvalue weighted by Crippen LogP contribution is 2.08. The largest absolute Gasteiger partial charge is 0.380 e. The van der Waals surface area contributed by atoms with E-state index in [0.29, 0.717) is 13.2 Å². The van der Waals surface area contributed by atoms with Crippen LogP contribution in [0, 0.1) is 0 Å². The Hall–Kier alpha value is -1.68. The predicted molar refractivity (Wildman–Crippen MR) is 84.9 cm³/mol. The van der Waals surface area contributed by atoms with E-state index >= 15 is 0 Å². The first-order valence-electron chi connectivity index (χ1n) is 7.16. The molecule has 0 atom stereocenters. The van der Waals surface area contributed by atoms with Crippen molar-refractivity contribution in [2.45, 2.75) is 26.3 Å². The van der Waals surface area contributed by atoms with Gasteiger partial charge in [0.2, 0.25) is 0 Å². The van der Waals surface area contributed by atoms with Crippen molar-refractivity contribution in [2.75, 3.05) is 14.2 Å². The van der Waals surface area contributed by atoms with Gasteiger partial charge in [-0.2, -0.15) is 0 Å². The third-order valence-electron chi connectivity index (χ3n) is 3.26. The first kappa shape index (κ1) is 15.7. The second kappa shape index (κ2) is 8.57. The zero-order valence-corrected chi connectivity index (χ0v) is 12.8. The van der Waals surface area contributed by atoms with E-state index in [1.54, 1.807) is 14.2 Å². The van der Waals surface area contributed by atoms with Gasteiger partial charge in [-0.05, 0) is 22.3 Å². The summed E-state index contributed by atoms with van der Waals surface area (Å²) in [5.74, 6) is 0. The van der Waals surface area contributed by atoms with E-state index in [1.165, 1.54) is 22.3 Å². The van der Waals surface area contributed by atoms with Crippen molar-refractivity contribution in [2.24, 2.45) is 0 Å². The van der Waals surface area contributed by atoms with E-state index in [9.17, 15) is 0 Å². The summed E-state index contributed by atoms with van der Waals surface area (Å²) in [5.41, 5.74) is 4.97. The molecule has 2 rings (SSSR count). The van der Waals surface area contributed by atoms with Crippen molar-refractivity contribution in [1.82, 2.24) is 5.32 Å². The number of nitrogens with one attached hydrogen (secondary N) is 1. The molecule has 0 bridgehead atoms. The van der Waals surface area contributed by atoms with Crippen molar-refractivity contribution >= 4 is 0 Å². The van der Waals surface area contributed by atoms with Gasteiger partial charge in [0.25, 0.3) is 0 Å². The molecule has 0 spiro atoms. The van der Waals surface area contributed by atoms with Crippen LogP contribution in [0.2, 0.25) is 0 Å². The van der Waals surface area contributed by atoms with Gasteiger partial charge in [-0.1, -0.05) is 48.5 Å². The van der Waals surface area contributed by atoms with Gasteiger partial charge in [0.1, 0.15) is 0 Å². The van der Waals surface area contributed by atoms with Gasteiger partial charge in [0.15, 0.2) is 0 Å². The van der Waals surface area contributed by atoms with Crippen LogP contribution in [0.25, 0.3) is 0 Å². The SMILES string of the molecule is COCc1cccc(CNCc2cccc(COC)c2)c1. The van der Waals surface area contributed by atoms with Crippen LogP contribution < -0.4 is 5.32 Å². The Balaban J connectivity index is 1.86. The molecule has 0 unspecified atom stereocenters. The third-order valence-corrected chi connectivity index (χ3v) is 3.26. The highest BCUT2D eigenvalue weighted by Gasteiger charge is 1.98. The standard InChI is InChI=1S/C18H23NO2/c1-20-13-17-7-3-5-15(9-17)11-19-12-16-6-4-8-18(10-16)14-21-2/h3-10,19H,11-14H2,1-2H3. The van der Waals surface area contributed by atoms with Gasteiger partial charge in [0.05, 0.1) is 13.2 Å². The van der Waals surface area contributed by atoms with Crippen molar-refractivity contribution < 1.29 is 9.47 Å². The fourth-order valence-electron chi connectivity index (χ4n) is 2.34. The monoisotopic (exact) mass is 285 g/mol. The molecule has 2 aromatic carbocycles. The van der Waals surface area contributed by atoms with E-state index in [1.807, 2.05) is 0 Å². The lowest BCUT2D eigenvalue weighted by atomic mass is 10.1. The van der Waals surface area contributed by atoms with Crippen LogP contribution >= 0.6 is 0 Å². The van der Waals surface area contributed by atoms with Crippen LogP contribution in [0.3, 0.4) is 0 Å². The number of methoxy groups -OCH3 is 2. The maximum absolute atomic E-state index is 5.16. The smallest absolute Gasteiger partial charge is 0.0713 e. The van der Waals surface area contributed by atoms with Crippen molar-refractivity contribution in [3.63, 3.8) is 0 Å². The first-order valence-corrected chi connectivity index (χ1v) is 7.16. The summed E-state index contributed by atoms with van der Waals surface area (Å²) in [7, 11) is 3.44. The summed E-state index contributed by atoms with van der Waals surface area (Å²) in [6.07, 6.45) is 0. The van der Waals surface area contributed by atoms with Gasteiger partial charge in [-0.25, -0.2) is 0 Å².